The Hall–Kier alpha value is -3.13. The van der Waals surface area contributed by atoms with Crippen LogP contribution in [0.4, 0.5) is 10.2 Å². The highest BCUT2D eigenvalue weighted by atomic mass is 32.1. The molecular formula is C17H12FN5OS. The van der Waals surface area contributed by atoms with Crippen LogP contribution in [-0.4, -0.2) is 25.7 Å². The number of hydrogen-bond acceptors (Lipinski definition) is 5. The Morgan fingerprint density at radius 2 is 2.12 bits per heavy atom. The van der Waals surface area contributed by atoms with Crippen LogP contribution in [0.25, 0.3) is 15.3 Å². The maximum absolute atomic E-state index is 13.4. The lowest BCUT2D eigenvalue weighted by atomic mass is 10.3. The summed E-state index contributed by atoms with van der Waals surface area (Å²) in [5.41, 5.74) is 1.71. The molecule has 1 aromatic carbocycles. The van der Waals surface area contributed by atoms with Gasteiger partial charge in [-0.25, -0.2) is 9.37 Å². The van der Waals surface area contributed by atoms with Gasteiger partial charge in [0.05, 0.1) is 15.9 Å². The SMILES string of the molecule is Cc1cc(NC(=O)c2ccccn2)n(-c2nc3ccc(F)cc3s2)n1. The Morgan fingerprint density at radius 3 is 2.92 bits per heavy atom. The van der Waals surface area contributed by atoms with Crippen LogP contribution < -0.4 is 5.32 Å². The highest BCUT2D eigenvalue weighted by molar-refractivity contribution is 7.20. The number of anilines is 1. The van der Waals surface area contributed by atoms with Crippen LogP contribution in [0, 0.1) is 12.7 Å². The molecule has 0 bridgehead atoms. The maximum atomic E-state index is 13.4. The van der Waals surface area contributed by atoms with Gasteiger partial charge in [0.15, 0.2) is 0 Å². The number of amides is 1. The van der Waals surface area contributed by atoms with E-state index in [1.807, 2.05) is 6.92 Å². The average Bonchev–Trinajstić information content (AvgIpc) is 3.18. The van der Waals surface area contributed by atoms with E-state index in [0.717, 1.165) is 5.69 Å². The standard InChI is InChI=1S/C17H12FN5OS/c1-10-8-15(21-16(24)13-4-2-3-7-19-13)23(22-10)17-20-12-6-5-11(18)9-14(12)25-17/h2-9H,1H3,(H,21,24). The van der Waals surface area contributed by atoms with E-state index in [2.05, 4.69) is 20.4 Å². The van der Waals surface area contributed by atoms with Crippen LogP contribution >= 0.6 is 11.3 Å². The number of fused-ring (bicyclic) bond motifs is 1. The minimum Gasteiger partial charge on any atom is -0.305 e. The van der Waals surface area contributed by atoms with Crippen molar-refractivity contribution in [2.75, 3.05) is 5.32 Å². The van der Waals surface area contributed by atoms with Crippen molar-refractivity contribution in [3.05, 3.63) is 65.9 Å². The van der Waals surface area contributed by atoms with Crippen molar-refractivity contribution in [2.24, 2.45) is 0 Å². The Kier molecular flexibility index (Phi) is 3.73. The summed E-state index contributed by atoms with van der Waals surface area (Å²) in [4.78, 5) is 20.8. The molecule has 4 aromatic rings. The summed E-state index contributed by atoms with van der Waals surface area (Å²) in [5, 5.41) is 7.72. The Bertz CT molecular complexity index is 1070. The van der Waals surface area contributed by atoms with Gasteiger partial charge < -0.3 is 5.32 Å². The largest absolute Gasteiger partial charge is 0.305 e. The van der Waals surface area contributed by atoms with Crippen molar-refractivity contribution in [1.82, 2.24) is 19.7 Å². The average molecular weight is 353 g/mol. The first-order valence-corrected chi connectivity index (χ1v) is 8.27. The molecule has 25 heavy (non-hydrogen) atoms. The third-order valence-corrected chi connectivity index (χ3v) is 4.48. The van der Waals surface area contributed by atoms with Gasteiger partial charge >= 0.3 is 0 Å². The number of hydrogen-bond donors (Lipinski definition) is 1. The normalized spacial score (nSPS) is 11.0. The lowest BCUT2D eigenvalue weighted by molar-refractivity contribution is 0.102. The van der Waals surface area contributed by atoms with Crippen LogP contribution in [-0.2, 0) is 0 Å². The number of aryl methyl sites for hydroxylation is 1. The van der Waals surface area contributed by atoms with E-state index in [-0.39, 0.29) is 11.7 Å². The van der Waals surface area contributed by atoms with Crippen molar-refractivity contribution in [2.45, 2.75) is 6.92 Å². The summed E-state index contributed by atoms with van der Waals surface area (Å²) < 4.78 is 15.6. The second-order valence-electron chi connectivity index (χ2n) is 5.36. The van der Waals surface area contributed by atoms with Gasteiger partial charge in [0, 0.05) is 12.3 Å². The van der Waals surface area contributed by atoms with E-state index in [1.54, 1.807) is 41.2 Å². The second kappa shape index (κ2) is 6.06. The quantitative estimate of drug-likeness (QED) is 0.611. The fraction of sp³-hybridized carbons (Fsp3) is 0.0588. The second-order valence-corrected chi connectivity index (χ2v) is 6.37. The van der Waals surface area contributed by atoms with Crippen LogP contribution in [0.5, 0.6) is 0 Å². The summed E-state index contributed by atoms with van der Waals surface area (Å²) in [5.74, 6) is -0.176. The van der Waals surface area contributed by atoms with E-state index in [0.29, 0.717) is 26.9 Å². The Morgan fingerprint density at radius 1 is 1.24 bits per heavy atom. The Balaban J connectivity index is 1.72. The van der Waals surface area contributed by atoms with Gasteiger partial charge in [0.2, 0.25) is 5.13 Å². The topological polar surface area (TPSA) is 72.7 Å². The molecule has 0 aliphatic carbocycles. The van der Waals surface area contributed by atoms with Gasteiger partial charge in [-0.15, -0.1) is 0 Å². The molecule has 0 radical (unpaired) electrons. The first-order chi connectivity index (χ1) is 12.1. The lowest BCUT2D eigenvalue weighted by Gasteiger charge is -2.05. The number of pyridine rings is 1. The van der Waals surface area contributed by atoms with E-state index in [4.69, 9.17) is 0 Å². The van der Waals surface area contributed by atoms with Crippen molar-refractivity contribution >= 4 is 33.3 Å². The van der Waals surface area contributed by atoms with Gasteiger partial charge in [0.1, 0.15) is 17.3 Å². The van der Waals surface area contributed by atoms with Gasteiger partial charge in [0.25, 0.3) is 5.91 Å². The van der Waals surface area contributed by atoms with E-state index >= 15 is 0 Å². The molecule has 0 saturated heterocycles. The molecule has 0 saturated carbocycles. The fourth-order valence-electron chi connectivity index (χ4n) is 2.39. The molecule has 4 rings (SSSR count). The van der Waals surface area contributed by atoms with Crippen LogP contribution in [0.1, 0.15) is 16.2 Å². The first kappa shape index (κ1) is 15.4. The van der Waals surface area contributed by atoms with Crippen molar-refractivity contribution < 1.29 is 9.18 Å². The molecule has 1 N–H and O–H groups in total. The highest BCUT2D eigenvalue weighted by Gasteiger charge is 2.16. The zero-order chi connectivity index (χ0) is 17.4. The maximum Gasteiger partial charge on any atom is 0.275 e. The minimum absolute atomic E-state index is 0.305. The molecule has 0 spiro atoms. The van der Waals surface area contributed by atoms with Gasteiger partial charge in [-0.2, -0.15) is 9.78 Å². The van der Waals surface area contributed by atoms with Crippen LogP contribution in [0.3, 0.4) is 0 Å². The van der Waals surface area contributed by atoms with E-state index in [9.17, 15) is 9.18 Å². The van der Waals surface area contributed by atoms with Gasteiger partial charge in [-0.05, 0) is 37.3 Å². The number of aromatic nitrogens is 4. The summed E-state index contributed by atoms with van der Waals surface area (Å²) in [6.45, 7) is 1.82. The number of benzene rings is 1. The van der Waals surface area contributed by atoms with Crippen LogP contribution in [0.15, 0.2) is 48.7 Å². The van der Waals surface area contributed by atoms with Gasteiger partial charge in [-0.1, -0.05) is 17.4 Å². The summed E-state index contributed by atoms with van der Waals surface area (Å²) in [6, 6.07) is 11.3. The molecule has 3 aromatic heterocycles. The molecule has 1 amide bonds. The molecule has 8 heteroatoms. The summed E-state index contributed by atoms with van der Waals surface area (Å²) >= 11 is 1.30. The molecule has 0 unspecified atom stereocenters. The Labute approximate surface area is 146 Å². The van der Waals surface area contributed by atoms with Crippen molar-refractivity contribution in [3.8, 4) is 5.13 Å². The summed E-state index contributed by atoms with van der Waals surface area (Å²) in [7, 11) is 0. The monoisotopic (exact) mass is 353 g/mol. The number of rotatable bonds is 3. The zero-order valence-corrected chi connectivity index (χ0v) is 13.9. The summed E-state index contributed by atoms with van der Waals surface area (Å²) in [6.07, 6.45) is 1.56. The fourth-order valence-corrected chi connectivity index (χ4v) is 3.34. The molecule has 3 heterocycles. The number of nitrogens with one attached hydrogen (secondary N) is 1. The molecule has 0 aliphatic heterocycles. The van der Waals surface area contributed by atoms with Crippen molar-refractivity contribution in [3.63, 3.8) is 0 Å². The number of nitrogens with zero attached hydrogens (tertiary/aromatic N) is 4. The van der Waals surface area contributed by atoms with Crippen LogP contribution in [0.2, 0.25) is 0 Å². The number of carbonyl (C=O) groups excluding carboxylic acids is 1. The first-order valence-electron chi connectivity index (χ1n) is 7.46. The van der Waals surface area contributed by atoms with Crippen molar-refractivity contribution in [1.29, 1.82) is 0 Å². The minimum atomic E-state index is -0.339. The highest BCUT2D eigenvalue weighted by Crippen LogP contribution is 2.28. The number of carbonyl (C=O) groups is 1. The van der Waals surface area contributed by atoms with E-state index in [1.165, 1.54) is 23.5 Å². The lowest BCUT2D eigenvalue weighted by Crippen LogP contribution is -2.16. The number of thiazole rings is 1. The molecule has 124 valence electrons. The predicted molar refractivity (Wildman–Crippen MR) is 93.6 cm³/mol. The molecule has 0 atom stereocenters. The van der Waals surface area contributed by atoms with E-state index < -0.39 is 0 Å². The number of halogens is 1. The smallest absolute Gasteiger partial charge is 0.275 e. The zero-order valence-electron chi connectivity index (χ0n) is 13.1. The molecular weight excluding hydrogens is 341 g/mol. The third-order valence-electron chi connectivity index (χ3n) is 3.49. The third kappa shape index (κ3) is 2.99. The molecule has 0 aliphatic rings. The molecule has 0 fully saturated rings. The van der Waals surface area contributed by atoms with Gasteiger partial charge in [-0.3, -0.25) is 9.78 Å². The predicted octanol–water partition coefficient (Wildman–Crippen LogP) is 3.58. The molecule has 6 nitrogen and oxygen atoms in total.